The highest BCUT2D eigenvalue weighted by Crippen LogP contribution is 2.18. The van der Waals surface area contributed by atoms with Crippen molar-refractivity contribution in [3.8, 4) is 11.1 Å². The molecule has 0 spiro atoms. The van der Waals surface area contributed by atoms with Gasteiger partial charge in [0, 0.05) is 5.56 Å². The van der Waals surface area contributed by atoms with Crippen molar-refractivity contribution in [1.82, 2.24) is 0 Å². The number of carbonyl (C=O) groups is 1. The highest BCUT2D eigenvalue weighted by Gasteiger charge is 2.04. The molecule has 0 bridgehead atoms. The van der Waals surface area contributed by atoms with Gasteiger partial charge in [-0.25, -0.2) is 0 Å². The molecule has 0 unspecified atom stereocenters. The molecule has 0 fully saturated rings. The van der Waals surface area contributed by atoms with Crippen LogP contribution < -0.4 is 5.46 Å². The highest BCUT2D eigenvalue weighted by atomic mass is 16.3. The number of aliphatic hydroxyl groups excluding tert-OH is 1. The Kier molecular flexibility index (Phi) is 3.40. The standard InChI is InChI=1S/C14H11BO2/c15-13-7-5-11(6-8-13)10-1-3-12(4-2-10)14(17)9-16/h1-8,16H,9H2. The van der Waals surface area contributed by atoms with Crippen LogP contribution in [0.4, 0.5) is 0 Å². The van der Waals surface area contributed by atoms with Crippen LogP contribution in [0.15, 0.2) is 48.5 Å². The molecule has 0 aliphatic rings. The molecule has 0 atom stereocenters. The van der Waals surface area contributed by atoms with E-state index in [1.165, 1.54) is 0 Å². The number of Topliss-reactive ketones (excluding diaryl/α,β-unsaturated/α-hetero) is 1. The normalized spacial score (nSPS) is 10.2. The van der Waals surface area contributed by atoms with Crippen molar-refractivity contribution in [1.29, 1.82) is 0 Å². The van der Waals surface area contributed by atoms with Gasteiger partial charge in [-0.1, -0.05) is 54.0 Å². The molecule has 2 aromatic carbocycles. The third kappa shape index (κ3) is 2.63. The molecule has 82 valence electrons. The van der Waals surface area contributed by atoms with Crippen LogP contribution in [0.2, 0.25) is 0 Å². The number of hydrogen-bond acceptors (Lipinski definition) is 2. The molecule has 0 aliphatic heterocycles. The van der Waals surface area contributed by atoms with Gasteiger partial charge in [0.1, 0.15) is 14.5 Å². The van der Waals surface area contributed by atoms with Gasteiger partial charge in [-0.3, -0.25) is 4.79 Å². The molecule has 0 amide bonds. The second-order valence-corrected chi connectivity index (χ2v) is 3.78. The smallest absolute Gasteiger partial charge is 0.188 e. The average molecular weight is 222 g/mol. The predicted molar refractivity (Wildman–Crippen MR) is 68.7 cm³/mol. The van der Waals surface area contributed by atoms with Crippen LogP contribution in [0.5, 0.6) is 0 Å². The van der Waals surface area contributed by atoms with Gasteiger partial charge >= 0.3 is 0 Å². The maximum atomic E-state index is 11.2. The minimum Gasteiger partial charge on any atom is -0.388 e. The van der Waals surface area contributed by atoms with Crippen LogP contribution in [0.1, 0.15) is 10.4 Å². The molecule has 0 aromatic heterocycles. The van der Waals surface area contributed by atoms with Crippen molar-refractivity contribution >= 4 is 19.1 Å². The largest absolute Gasteiger partial charge is 0.388 e. The molecule has 2 nitrogen and oxygen atoms in total. The Morgan fingerprint density at radius 2 is 1.41 bits per heavy atom. The fourth-order valence-electron chi connectivity index (χ4n) is 1.62. The summed E-state index contributed by atoms with van der Waals surface area (Å²) in [4.78, 5) is 11.2. The minimum atomic E-state index is -0.457. The summed E-state index contributed by atoms with van der Waals surface area (Å²) in [5, 5.41) is 8.74. The number of hydrogen-bond donors (Lipinski definition) is 1. The molecule has 2 aromatic rings. The zero-order valence-electron chi connectivity index (χ0n) is 9.26. The maximum absolute atomic E-state index is 11.2. The molecular formula is C14H11BO2. The van der Waals surface area contributed by atoms with Gasteiger partial charge in [0.2, 0.25) is 0 Å². The minimum absolute atomic E-state index is 0.270. The first-order valence-corrected chi connectivity index (χ1v) is 5.31. The van der Waals surface area contributed by atoms with E-state index in [0.29, 0.717) is 5.56 Å². The zero-order valence-corrected chi connectivity index (χ0v) is 9.26. The molecule has 3 heteroatoms. The Balaban J connectivity index is 2.29. The van der Waals surface area contributed by atoms with E-state index in [4.69, 9.17) is 13.0 Å². The molecule has 17 heavy (non-hydrogen) atoms. The molecule has 0 aliphatic carbocycles. The molecule has 1 N–H and O–H groups in total. The summed E-state index contributed by atoms with van der Waals surface area (Å²) < 4.78 is 0. The maximum Gasteiger partial charge on any atom is 0.188 e. The number of aliphatic hydroxyl groups is 1. The van der Waals surface area contributed by atoms with E-state index in [9.17, 15) is 4.79 Å². The number of ketones is 1. The summed E-state index contributed by atoms with van der Waals surface area (Å²) in [5.74, 6) is -0.270. The van der Waals surface area contributed by atoms with Crippen molar-refractivity contribution in [2.24, 2.45) is 0 Å². The van der Waals surface area contributed by atoms with E-state index in [1.807, 2.05) is 36.4 Å². The molecule has 0 heterocycles. The van der Waals surface area contributed by atoms with Crippen LogP contribution >= 0.6 is 0 Å². The van der Waals surface area contributed by atoms with E-state index in [-0.39, 0.29) is 5.78 Å². The van der Waals surface area contributed by atoms with E-state index >= 15 is 0 Å². The van der Waals surface area contributed by atoms with Crippen molar-refractivity contribution in [3.05, 3.63) is 54.1 Å². The Bertz CT molecular complexity index is 515. The molecule has 0 saturated heterocycles. The van der Waals surface area contributed by atoms with Gasteiger partial charge in [-0.05, 0) is 11.1 Å². The summed E-state index contributed by atoms with van der Waals surface area (Å²) in [6.45, 7) is -0.457. The average Bonchev–Trinajstić information content (AvgIpc) is 2.39. The van der Waals surface area contributed by atoms with Gasteiger partial charge in [0.05, 0.1) is 0 Å². The first-order valence-electron chi connectivity index (χ1n) is 5.31. The molecule has 2 radical (unpaired) electrons. The zero-order chi connectivity index (χ0) is 12.3. The van der Waals surface area contributed by atoms with Crippen LogP contribution in [0.25, 0.3) is 11.1 Å². The summed E-state index contributed by atoms with van der Waals surface area (Å²) in [7, 11) is 5.61. The topological polar surface area (TPSA) is 37.3 Å². The lowest BCUT2D eigenvalue weighted by Gasteiger charge is -2.03. The number of benzene rings is 2. The van der Waals surface area contributed by atoms with E-state index in [0.717, 1.165) is 16.6 Å². The first kappa shape index (κ1) is 11.6. The fraction of sp³-hybridized carbons (Fsp3) is 0.0714. The van der Waals surface area contributed by atoms with Crippen molar-refractivity contribution in [3.63, 3.8) is 0 Å². The van der Waals surface area contributed by atoms with Crippen LogP contribution in [0, 0.1) is 0 Å². The monoisotopic (exact) mass is 222 g/mol. The van der Waals surface area contributed by atoms with Gasteiger partial charge < -0.3 is 5.11 Å². The second-order valence-electron chi connectivity index (χ2n) is 3.78. The molecule has 2 rings (SSSR count). The van der Waals surface area contributed by atoms with Gasteiger partial charge in [-0.2, -0.15) is 0 Å². The fourth-order valence-corrected chi connectivity index (χ4v) is 1.62. The Morgan fingerprint density at radius 3 is 1.88 bits per heavy atom. The van der Waals surface area contributed by atoms with Gasteiger partial charge in [0.25, 0.3) is 0 Å². The molecular weight excluding hydrogens is 211 g/mol. The van der Waals surface area contributed by atoms with Gasteiger partial charge in [-0.15, -0.1) is 0 Å². The predicted octanol–water partition coefficient (Wildman–Crippen LogP) is 1.32. The number of rotatable bonds is 3. The van der Waals surface area contributed by atoms with E-state index in [1.54, 1.807) is 12.1 Å². The van der Waals surface area contributed by atoms with Crippen molar-refractivity contribution < 1.29 is 9.90 Å². The lowest BCUT2D eigenvalue weighted by atomic mass is 9.93. The van der Waals surface area contributed by atoms with Crippen LogP contribution in [-0.4, -0.2) is 25.3 Å². The Hall–Kier alpha value is -1.87. The quantitative estimate of drug-likeness (QED) is 0.628. The lowest BCUT2D eigenvalue weighted by Crippen LogP contribution is -2.03. The summed E-state index contributed by atoms with van der Waals surface area (Å²) in [6.07, 6.45) is 0. The number of carbonyl (C=O) groups excluding carboxylic acids is 1. The molecule has 0 saturated carbocycles. The summed E-state index contributed by atoms with van der Waals surface area (Å²) >= 11 is 0. The van der Waals surface area contributed by atoms with E-state index in [2.05, 4.69) is 0 Å². The SMILES string of the molecule is [B]c1ccc(-c2ccc(C(=O)CO)cc2)cc1. The van der Waals surface area contributed by atoms with Crippen molar-refractivity contribution in [2.75, 3.05) is 6.61 Å². The third-order valence-corrected chi connectivity index (χ3v) is 2.59. The Morgan fingerprint density at radius 1 is 0.941 bits per heavy atom. The first-order chi connectivity index (χ1) is 8.20. The van der Waals surface area contributed by atoms with E-state index < -0.39 is 6.61 Å². The van der Waals surface area contributed by atoms with Gasteiger partial charge in [0.15, 0.2) is 5.78 Å². The van der Waals surface area contributed by atoms with Crippen LogP contribution in [0.3, 0.4) is 0 Å². The second kappa shape index (κ2) is 4.98. The van der Waals surface area contributed by atoms with Crippen LogP contribution in [-0.2, 0) is 0 Å². The lowest BCUT2D eigenvalue weighted by molar-refractivity contribution is 0.0904. The third-order valence-electron chi connectivity index (χ3n) is 2.59. The van der Waals surface area contributed by atoms with Crippen molar-refractivity contribution in [2.45, 2.75) is 0 Å². The Labute approximate surface area is 101 Å². The summed E-state index contributed by atoms with van der Waals surface area (Å²) in [5.41, 5.74) is 3.30. The summed E-state index contributed by atoms with van der Waals surface area (Å²) in [6, 6.07) is 14.7. The highest BCUT2D eigenvalue weighted by molar-refractivity contribution is 6.32.